The maximum atomic E-state index is 5.74. The molecule has 0 saturated heterocycles. The first-order valence-electron chi connectivity index (χ1n) is 3.50. The quantitative estimate of drug-likeness (QED) is 0.595. The van der Waals surface area contributed by atoms with Gasteiger partial charge in [0.15, 0.2) is 0 Å². The minimum Gasteiger partial charge on any atom is -0.370 e. The number of aryl methyl sites for hydroxylation is 1. The van der Waals surface area contributed by atoms with Crippen LogP contribution in [-0.2, 0) is 30.9 Å². The van der Waals surface area contributed by atoms with Gasteiger partial charge >= 0.3 is 0 Å². The predicted octanol–water partition coefficient (Wildman–Crippen LogP) is 1.19. The molecule has 4 heteroatoms. The van der Waals surface area contributed by atoms with Crippen LogP contribution in [0, 0.1) is 0 Å². The summed E-state index contributed by atoms with van der Waals surface area (Å²) >= 11 is 5.74. The van der Waals surface area contributed by atoms with Crippen LogP contribution in [0.4, 0.5) is 0 Å². The molecule has 0 N–H and O–H groups in total. The molecule has 0 spiro atoms. The molecule has 1 aromatic heterocycles. The number of fused-ring (bicyclic) bond motifs is 1. The van der Waals surface area contributed by atoms with Crippen LogP contribution in [0.25, 0.3) is 0 Å². The molecule has 11 heavy (non-hydrogen) atoms. The first kappa shape index (κ1) is 7.13. The van der Waals surface area contributed by atoms with Crippen molar-refractivity contribution in [2.75, 3.05) is 0 Å². The molecule has 1 aliphatic rings. The minimum atomic E-state index is 0.516. The molecule has 2 rings (SSSR count). The van der Waals surface area contributed by atoms with Crippen LogP contribution in [-0.4, -0.2) is 9.78 Å². The van der Waals surface area contributed by atoms with E-state index in [1.165, 1.54) is 5.56 Å². The van der Waals surface area contributed by atoms with E-state index in [2.05, 4.69) is 5.10 Å². The molecule has 0 bridgehead atoms. The molecular formula is C7H9ClN2O. The maximum Gasteiger partial charge on any atom is 0.0940 e. The Balaban J connectivity index is 2.52. The molecule has 0 radical (unpaired) electrons. The summed E-state index contributed by atoms with van der Waals surface area (Å²) in [5.74, 6) is 0.516. The number of nitrogens with zero attached hydrogens (tertiary/aromatic N) is 2. The predicted molar refractivity (Wildman–Crippen MR) is 41.3 cm³/mol. The summed E-state index contributed by atoms with van der Waals surface area (Å²) in [6.45, 7) is 1.31. The van der Waals surface area contributed by atoms with Crippen LogP contribution in [0.1, 0.15) is 17.0 Å². The Bertz CT molecular complexity index is 282. The Kier molecular flexibility index (Phi) is 1.62. The van der Waals surface area contributed by atoms with Crippen molar-refractivity contribution in [2.24, 2.45) is 7.05 Å². The number of ether oxygens (including phenoxy) is 1. The molecular weight excluding hydrogens is 164 g/mol. The summed E-state index contributed by atoms with van der Waals surface area (Å²) in [4.78, 5) is 0. The number of aromatic nitrogens is 2. The second-order valence-corrected chi connectivity index (χ2v) is 2.89. The first-order chi connectivity index (χ1) is 5.33. The Labute approximate surface area is 69.9 Å². The van der Waals surface area contributed by atoms with Crippen molar-refractivity contribution in [1.29, 1.82) is 0 Å². The molecule has 0 fully saturated rings. The lowest BCUT2D eigenvalue weighted by molar-refractivity contribution is 0.130. The second-order valence-electron chi connectivity index (χ2n) is 2.62. The van der Waals surface area contributed by atoms with E-state index in [-0.39, 0.29) is 0 Å². The summed E-state index contributed by atoms with van der Waals surface area (Å²) in [6, 6.07) is 0. The van der Waals surface area contributed by atoms with E-state index in [9.17, 15) is 0 Å². The molecule has 0 amide bonds. The number of rotatable bonds is 1. The highest BCUT2D eigenvalue weighted by Crippen LogP contribution is 2.23. The van der Waals surface area contributed by atoms with Gasteiger partial charge in [0.2, 0.25) is 0 Å². The molecule has 1 aromatic rings. The third kappa shape index (κ3) is 0.957. The molecule has 0 aromatic carbocycles. The summed E-state index contributed by atoms with van der Waals surface area (Å²) < 4.78 is 7.05. The number of hydrogen-bond donors (Lipinski definition) is 0. The SMILES string of the molecule is Cn1nc2c(c1CCl)COC2. The zero-order chi connectivity index (χ0) is 7.84. The van der Waals surface area contributed by atoms with Gasteiger partial charge in [-0.25, -0.2) is 0 Å². The molecule has 0 unspecified atom stereocenters. The molecule has 0 saturated carbocycles. The highest BCUT2D eigenvalue weighted by Gasteiger charge is 2.20. The van der Waals surface area contributed by atoms with Crippen molar-refractivity contribution < 1.29 is 4.74 Å². The van der Waals surface area contributed by atoms with Crippen molar-refractivity contribution in [3.8, 4) is 0 Å². The van der Waals surface area contributed by atoms with Crippen LogP contribution in [0.15, 0.2) is 0 Å². The fourth-order valence-electron chi connectivity index (χ4n) is 1.36. The van der Waals surface area contributed by atoms with Crippen molar-refractivity contribution in [3.05, 3.63) is 17.0 Å². The monoisotopic (exact) mass is 172 g/mol. The molecule has 1 aliphatic heterocycles. The Morgan fingerprint density at radius 3 is 3.18 bits per heavy atom. The van der Waals surface area contributed by atoms with E-state index in [0.29, 0.717) is 19.1 Å². The first-order valence-corrected chi connectivity index (χ1v) is 4.03. The summed E-state index contributed by atoms with van der Waals surface area (Å²) in [5, 5.41) is 4.27. The van der Waals surface area contributed by atoms with Crippen LogP contribution < -0.4 is 0 Å². The van der Waals surface area contributed by atoms with E-state index < -0.39 is 0 Å². The van der Waals surface area contributed by atoms with Gasteiger partial charge < -0.3 is 4.74 Å². The van der Waals surface area contributed by atoms with Gasteiger partial charge in [-0.05, 0) is 0 Å². The number of alkyl halides is 1. The van der Waals surface area contributed by atoms with Crippen LogP contribution >= 0.6 is 11.6 Å². The Morgan fingerprint density at radius 2 is 2.45 bits per heavy atom. The maximum absolute atomic E-state index is 5.74. The van der Waals surface area contributed by atoms with E-state index in [1.54, 1.807) is 0 Å². The smallest absolute Gasteiger partial charge is 0.0940 e. The van der Waals surface area contributed by atoms with Gasteiger partial charge in [0.1, 0.15) is 0 Å². The largest absolute Gasteiger partial charge is 0.370 e. The van der Waals surface area contributed by atoms with Crippen molar-refractivity contribution >= 4 is 11.6 Å². The summed E-state index contributed by atoms with van der Waals surface area (Å²) in [6.07, 6.45) is 0. The van der Waals surface area contributed by atoms with Gasteiger partial charge in [-0.1, -0.05) is 0 Å². The van der Waals surface area contributed by atoms with Gasteiger partial charge in [-0.15, -0.1) is 11.6 Å². The van der Waals surface area contributed by atoms with E-state index >= 15 is 0 Å². The third-order valence-electron chi connectivity index (χ3n) is 1.97. The van der Waals surface area contributed by atoms with Crippen molar-refractivity contribution in [2.45, 2.75) is 19.1 Å². The zero-order valence-electron chi connectivity index (χ0n) is 6.30. The van der Waals surface area contributed by atoms with Gasteiger partial charge in [-0.2, -0.15) is 5.10 Å². The van der Waals surface area contributed by atoms with E-state index in [0.717, 1.165) is 11.4 Å². The third-order valence-corrected chi connectivity index (χ3v) is 2.22. The Morgan fingerprint density at radius 1 is 1.64 bits per heavy atom. The molecule has 3 nitrogen and oxygen atoms in total. The van der Waals surface area contributed by atoms with Crippen molar-refractivity contribution in [3.63, 3.8) is 0 Å². The van der Waals surface area contributed by atoms with Crippen LogP contribution in [0.2, 0.25) is 0 Å². The minimum absolute atomic E-state index is 0.516. The average Bonchev–Trinajstić information content (AvgIpc) is 2.46. The van der Waals surface area contributed by atoms with Gasteiger partial charge in [0, 0.05) is 12.6 Å². The van der Waals surface area contributed by atoms with Gasteiger partial charge in [0.05, 0.1) is 30.5 Å². The van der Waals surface area contributed by atoms with Crippen LogP contribution in [0.3, 0.4) is 0 Å². The average molecular weight is 173 g/mol. The Hall–Kier alpha value is -0.540. The lowest BCUT2D eigenvalue weighted by Gasteiger charge is -1.98. The van der Waals surface area contributed by atoms with Gasteiger partial charge in [0.25, 0.3) is 0 Å². The van der Waals surface area contributed by atoms with Crippen molar-refractivity contribution in [1.82, 2.24) is 9.78 Å². The summed E-state index contributed by atoms with van der Waals surface area (Å²) in [7, 11) is 1.91. The summed E-state index contributed by atoms with van der Waals surface area (Å²) in [5.41, 5.74) is 3.31. The molecule has 60 valence electrons. The lowest BCUT2D eigenvalue weighted by atomic mass is 10.2. The van der Waals surface area contributed by atoms with E-state index in [4.69, 9.17) is 16.3 Å². The molecule has 0 atom stereocenters. The molecule has 0 aliphatic carbocycles. The normalized spacial score (nSPS) is 15.5. The lowest BCUT2D eigenvalue weighted by Crippen LogP contribution is -1.98. The van der Waals surface area contributed by atoms with E-state index in [1.807, 2.05) is 11.7 Å². The number of halogens is 1. The highest BCUT2D eigenvalue weighted by molar-refractivity contribution is 6.17. The van der Waals surface area contributed by atoms with Gasteiger partial charge in [-0.3, -0.25) is 4.68 Å². The fraction of sp³-hybridized carbons (Fsp3) is 0.571. The molecule has 2 heterocycles. The topological polar surface area (TPSA) is 27.1 Å². The second kappa shape index (κ2) is 2.50. The standard InChI is InChI=1S/C7H9ClN2O/c1-10-7(2-8)5-3-11-4-6(5)9-10/h2-4H2,1H3. The fourth-order valence-corrected chi connectivity index (χ4v) is 1.70. The van der Waals surface area contributed by atoms with Crippen LogP contribution in [0.5, 0.6) is 0 Å². The zero-order valence-corrected chi connectivity index (χ0v) is 7.06. The highest BCUT2D eigenvalue weighted by atomic mass is 35.5. The number of hydrogen-bond acceptors (Lipinski definition) is 2.